The van der Waals surface area contributed by atoms with Gasteiger partial charge in [0.05, 0.1) is 5.69 Å². The third kappa shape index (κ3) is 4.03. The summed E-state index contributed by atoms with van der Waals surface area (Å²) in [6.45, 7) is 6.78. The van der Waals surface area contributed by atoms with Crippen molar-refractivity contribution in [2.24, 2.45) is 0 Å². The number of aliphatic carboxylic acids is 1. The predicted molar refractivity (Wildman–Crippen MR) is 64.1 cm³/mol. The molecule has 0 aliphatic carbocycles. The molecule has 0 saturated carbocycles. The normalized spacial score (nSPS) is 12.2. The van der Waals surface area contributed by atoms with Crippen LogP contribution in [0.15, 0.2) is 12.1 Å². The highest BCUT2D eigenvalue weighted by Crippen LogP contribution is 2.18. The first-order valence-corrected chi connectivity index (χ1v) is 5.61. The number of carbonyl (C=O) groups is 1. The van der Waals surface area contributed by atoms with Gasteiger partial charge in [0.25, 0.3) is 0 Å². The maximum absolute atomic E-state index is 10.7. The molecule has 0 saturated heterocycles. The van der Waals surface area contributed by atoms with Gasteiger partial charge in [0.15, 0.2) is 6.10 Å². The van der Waals surface area contributed by atoms with Gasteiger partial charge in [-0.25, -0.2) is 4.79 Å². The molecule has 0 spiro atoms. The Balaban J connectivity index is 2.85. The summed E-state index contributed by atoms with van der Waals surface area (Å²) >= 11 is 0. The average Bonchev–Trinajstić information content (AvgIpc) is 2.29. The van der Waals surface area contributed by atoms with Gasteiger partial charge in [-0.2, -0.15) is 0 Å². The minimum absolute atomic E-state index is 0.520. The van der Waals surface area contributed by atoms with Crippen molar-refractivity contribution in [1.82, 2.24) is 10.3 Å². The molecule has 1 heterocycles. The van der Waals surface area contributed by atoms with Gasteiger partial charge in [0.1, 0.15) is 5.75 Å². The highest BCUT2D eigenvalue weighted by molar-refractivity contribution is 5.72. The second-order valence-electron chi connectivity index (χ2n) is 3.78. The molecule has 5 heteroatoms. The van der Waals surface area contributed by atoms with E-state index in [0.717, 1.165) is 17.9 Å². The third-order valence-electron chi connectivity index (χ3n) is 2.27. The van der Waals surface area contributed by atoms with Crippen LogP contribution in [0.2, 0.25) is 0 Å². The topological polar surface area (TPSA) is 71.5 Å². The number of carboxylic acids is 1. The molecule has 2 N–H and O–H groups in total. The van der Waals surface area contributed by atoms with Crippen molar-refractivity contribution in [2.45, 2.75) is 33.4 Å². The van der Waals surface area contributed by atoms with Gasteiger partial charge in [-0.15, -0.1) is 0 Å². The number of nitrogens with one attached hydrogen (secondary N) is 1. The zero-order chi connectivity index (χ0) is 12.8. The van der Waals surface area contributed by atoms with E-state index in [9.17, 15) is 4.79 Å². The fraction of sp³-hybridized carbons (Fsp3) is 0.500. The predicted octanol–water partition coefficient (Wildman–Crippen LogP) is 1.35. The molecule has 17 heavy (non-hydrogen) atoms. The summed E-state index contributed by atoms with van der Waals surface area (Å²) in [6.07, 6.45) is -0.875. The van der Waals surface area contributed by atoms with E-state index in [1.165, 1.54) is 6.92 Å². The van der Waals surface area contributed by atoms with E-state index in [2.05, 4.69) is 10.3 Å². The maximum Gasteiger partial charge on any atom is 0.344 e. The van der Waals surface area contributed by atoms with Crippen LogP contribution >= 0.6 is 0 Å². The van der Waals surface area contributed by atoms with Crippen LogP contribution in [0.25, 0.3) is 0 Å². The number of aromatic nitrogens is 1. The summed E-state index contributed by atoms with van der Waals surface area (Å²) in [5.41, 5.74) is 1.62. The lowest BCUT2D eigenvalue weighted by atomic mass is 10.2. The monoisotopic (exact) mass is 238 g/mol. The summed E-state index contributed by atoms with van der Waals surface area (Å²) in [7, 11) is 0. The minimum Gasteiger partial charge on any atom is -0.479 e. The Hall–Kier alpha value is -1.62. The Morgan fingerprint density at radius 2 is 2.29 bits per heavy atom. The average molecular weight is 238 g/mol. The summed E-state index contributed by atoms with van der Waals surface area (Å²) in [5, 5.41) is 11.9. The molecule has 0 aliphatic heterocycles. The van der Waals surface area contributed by atoms with Crippen LogP contribution in [0.3, 0.4) is 0 Å². The third-order valence-corrected chi connectivity index (χ3v) is 2.27. The molecule has 0 aromatic carbocycles. The van der Waals surface area contributed by atoms with Crippen LogP contribution in [-0.4, -0.2) is 28.7 Å². The van der Waals surface area contributed by atoms with Crippen LogP contribution in [-0.2, 0) is 11.3 Å². The van der Waals surface area contributed by atoms with Crippen molar-refractivity contribution in [3.05, 3.63) is 23.5 Å². The molecule has 0 radical (unpaired) electrons. The molecule has 1 atom stereocenters. The van der Waals surface area contributed by atoms with Gasteiger partial charge < -0.3 is 15.2 Å². The van der Waals surface area contributed by atoms with E-state index in [0.29, 0.717) is 12.3 Å². The zero-order valence-electron chi connectivity index (χ0n) is 10.4. The van der Waals surface area contributed by atoms with Gasteiger partial charge in [-0.1, -0.05) is 6.92 Å². The van der Waals surface area contributed by atoms with Crippen molar-refractivity contribution in [3.63, 3.8) is 0 Å². The Bertz CT molecular complexity index is 393. The SMILES string of the molecule is CCNCc1nc(C)ccc1OC(C)C(=O)O. The molecule has 1 aromatic heterocycles. The Morgan fingerprint density at radius 1 is 1.59 bits per heavy atom. The molecule has 94 valence electrons. The molecular weight excluding hydrogens is 220 g/mol. The van der Waals surface area contributed by atoms with Crippen molar-refractivity contribution < 1.29 is 14.6 Å². The standard InChI is InChI=1S/C12H18N2O3/c1-4-13-7-10-11(6-5-8(2)14-10)17-9(3)12(15)16/h5-6,9,13H,4,7H2,1-3H3,(H,15,16). The lowest BCUT2D eigenvalue weighted by Gasteiger charge is -2.14. The molecule has 5 nitrogen and oxygen atoms in total. The van der Waals surface area contributed by atoms with Gasteiger partial charge >= 0.3 is 5.97 Å². The van der Waals surface area contributed by atoms with Crippen LogP contribution in [0.1, 0.15) is 25.2 Å². The number of aryl methyl sites for hydroxylation is 1. The number of carboxylic acid groups (broad SMARTS) is 1. The number of hydrogen-bond acceptors (Lipinski definition) is 4. The highest BCUT2D eigenvalue weighted by atomic mass is 16.5. The number of hydrogen-bond donors (Lipinski definition) is 2. The summed E-state index contributed by atoms with van der Waals surface area (Å²) in [6, 6.07) is 3.56. The van der Waals surface area contributed by atoms with E-state index in [1.54, 1.807) is 12.1 Å². The molecule has 0 bridgehead atoms. The first-order chi connectivity index (χ1) is 8.04. The van der Waals surface area contributed by atoms with Gasteiger partial charge in [0.2, 0.25) is 0 Å². The zero-order valence-corrected chi connectivity index (χ0v) is 10.4. The smallest absolute Gasteiger partial charge is 0.344 e. The Morgan fingerprint density at radius 3 is 2.88 bits per heavy atom. The maximum atomic E-state index is 10.7. The van der Waals surface area contributed by atoms with Crippen molar-refractivity contribution in [1.29, 1.82) is 0 Å². The largest absolute Gasteiger partial charge is 0.479 e. The van der Waals surface area contributed by atoms with E-state index in [-0.39, 0.29) is 0 Å². The second-order valence-corrected chi connectivity index (χ2v) is 3.78. The molecule has 1 aromatic rings. The molecule has 1 unspecified atom stereocenters. The first kappa shape index (κ1) is 13.4. The quantitative estimate of drug-likeness (QED) is 0.782. The molecule has 1 rings (SSSR count). The minimum atomic E-state index is -0.986. The fourth-order valence-corrected chi connectivity index (χ4v) is 1.32. The molecule has 0 fully saturated rings. The summed E-state index contributed by atoms with van der Waals surface area (Å²) < 4.78 is 5.36. The van der Waals surface area contributed by atoms with Gasteiger partial charge in [0, 0.05) is 12.2 Å². The van der Waals surface area contributed by atoms with E-state index in [1.807, 2.05) is 13.8 Å². The second kappa shape index (κ2) is 6.20. The fourth-order valence-electron chi connectivity index (χ4n) is 1.32. The number of nitrogens with zero attached hydrogens (tertiary/aromatic N) is 1. The van der Waals surface area contributed by atoms with E-state index >= 15 is 0 Å². The van der Waals surface area contributed by atoms with Gasteiger partial charge in [-0.3, -0.25) is 4.98 Å². The summed E-state index contributed by atoms with van der Waals surface area (Å²) in [4.78, 5) is 15.1. The Kier molecular flexibility index (Phi) is 4.90. The highest BCUT2D eigenvalue weighted by Gasteiger charge is 2.15. The lowest BCUT2D eigenvalue weighted by Crippen LogP contribution is -2.24. The molecular formula is C12H18N2O3. The number of pyridine rings is 1. The first-order valence-electron chi connectivity index (χ1n) is 5.61. The van der Waals surface area contributed by atoms with Crippen LogP contribution in [0.4, 0.5) is 0 Å². The van der Waals surface area contributed by atoms with E-state index < -0.39 is 12.1 Å². The van der Waals surface area contributed by atoms with Crippen molar-refractivity contribution in [2.75, 3.05) is 6.54 Å². The number of ether oxygens (including phenoxy) is 1. The molecule has 0 aliphatic rings. The van der Waals surface area contributed by atoms with Crippen LogP contribution in [0.5, 0.6) is 5.75 Å². The van der Waals surface area contributed by atoms with Crippen molar-refractivity contribution >= 4 is 5.97 Å². The van der Waals surface area contributed by atoms with Crippen molar-refractivity contribution in [3.8, 4) is 5.75 Å². The lowest BCUT2D eigenvalue weighted by molar-refractivity contribution is -0.144. The molecule has 0 amide bonds. The summed E-state index contributed by atoms with van der Waals surface area (Å²) in [5.74, 6) is -0.466. The number of rotatable bonds is 6. The Labute approximate surface area is 101 Å². The van der Waals surface area contributed by atoms with Crippen LogP contribution < -0.4 is 10.1 Å². The van der Waals surface area contributed by atoms with Gasteiger partial charge in [-0.05, 0) is 32.5 Å². The van der Waals surface area contributed by atoms with E-state index in [4.69, 9.17) is 9.84 Å². The van der Waals surface area contributed by atoms with Crippen LogP contribution in [0, 0.1) is 6.92 Å².